The van der Waals surface area contributed by atoms with Gasteiger partial charge in [-0.3, -0.25) is 0 Å². The van der Waals surface area contributed by atoms with E-state index < -0.39 is 11.7 Å². The summed E-state index contributed by atoms with van der Waals surface area (Å²) < 4.78 is 20.4. The van der Waals surface area contributed by atoms with Gasteiger partial charge in [-0.15, -0.1) is 16.4 Å². The van der Waals surface area contributed by atoms with Crippen molar-refractivity contribution in [3.05, 3.63) is 58.3 Å². The summed E-state index contributed by atoms with van der Waals surface area (Å²) in [6.45, 7) is 9.43. The summed E-state index contributed by atoms with van der Waals surface area (Å²) >= 11 is 1.55. The highest BCUT2D eigenvalue weighted by molar-refractivity contribution is 7.10. The van der Waals surface area contributed by atoms with E-state index in [0.717, 1.165) is 45.7 Å². The molecule has 194 valence electrons. The summed E-state index contributed by atoms with van der Waals surface area (Å²) in [5.41, 5.74) is 2.87. The number of nitrogens with zero attached hydrogens (tertiary/aromatic N) is 5. The molecule has 4 aromatic rings. The molecular formula is C26H30FN7O2S. The monoisotopic (exact) mass is 523 g/mol. The summed E-state index contributed by atoms with van der Waals surface area (Å²) in [6, 6.07) is 10.3. The maximum absolute atomic E-state index is 13.2. The SMILES string of the molecule is CCc1nc2ccc(N3CC(NC(=O)OC(C)(C)C)C3)nn2c1NCc1nc(-c2ccc(F)cc2)cs1. The van der Waals surface area contributed by atoms with Crippen LogP contribution >= 0.6 is 11.3 Å². The van der Waals surface area contributed by atoms with Crippen molar-refractivity contribution in [2.75, 3.05) is 23.3 Å². The number of amides is 1. The van der Waals surface area contributed by atoms with Gasteiger partial charge in [0.05, 0.1) is 24.0 Å². The lowest BCUT2D eigenvalue weighted by molar-refractivity contribution is 0.0496. The van der Waals surface area contributed by atoms with E-state index in [0.29, 0.717) is 19.6 Å². The van der Waals surface area contributed by atoms with Gasteiger partial charge in [0.1, 0.15) is 22.2 Å². The van der Waals surface area contributed by atoms with E-state index in [1.54, 1.807) is 23.5 Å². The molecule has 4 heterocycles. The molecule has 5 rings (SSSR count). The van der Waals surface area contributed by atoms with Crippen LogP contribution in [0.15, 0.2) is 41.8 Å². The number of benzene rings is 1. The van der Waals surface area contributed by atoms with Crippen LogP contribution in [0.2, 0.25) is 0 Å². The van der Waals surface area contributed by atoms with Crippen LogP contribution in [0.4, 0.5) is 20.8 Å². The first kappa shape index (κ1) is 24.9. The summed E-state index contributed by atoms with van der Waals surface area (Å²) in [6.07, 6.45) is 0.352. The van der Waals surface area contributed by atoms with Gasteiger partial charge in [-0.05, 0) is 63.6 Å². The number of fused-ring (bicyclic) bond motifs is 1. The van der Waals surface area contributed by atoms with E-state index >= 15 is 0 Å². The lowest BCUT2D eigenvalue weighted by atomic mass is 10.1. The van der Waals surface area contributed by atoms with Gasteiger partial charge in [0.25, 0.3) is 0 Å². The molecule has 0 unspecified atom stereocenters. The van der Waals surface area contributed by atoms with Crippen LogP contribution in [-0.2, 0) is 17.7 Å². The lowest BCUT2D eigenvalue weighted by Gasteiger charge is -2.40. The lowest BCUT2D eigenvalue weighted by Crippen LogP contribution is -2.60. The number of hydrogen-bond donors (Lipinski definition) is 2. The minimum absolute atomic E-state index is 0.0131. The highest BCUT2D eigenvalue weighted by Gasteiger charge is 2.31. The van der Waals surface area contributed by atoms with Gasteiger partial charge in [0.15, 0.2) is 11.5 Å². The Kier molecular flexibility index (Phi) is 6.72. The Bertz CT molecular complexity index is 1400. The molecule has 2 N–H and O–H groups in total. The van der Waals surface area contributed by atoms with Crippen LogP contribution in [0.25, 0.3) is 16.9 Å². The molecule has 1 aromatic carbocycles. The van der Waals surface area contributed by atoms with E-state index in [-0.39, 0.29) is 11.9 Å². The molecule has 1 aliphatic heterocycles. The summed E-state index contributed by atoms with van der Waals surface area (Å²) in [5, 5.41) is 14.1. The zero-order valence-corrected chi connectivity index (χ0v) is 22.1. The minimum atomic E-state index is -0.525. The molecule has 0 atom stereocenters. The van der Waals surface area contributed by atoms with Crippen molar-refractivity contribution >= 4 is 34.7 Å². The van der Waals surface area contributed by atoms with Crippen LogP contribution in [0.3, 0.4) is 0 Å². The largest absolute Gasteiger partial charge is 0.444 e. The third-order valence-electron chi connectivity index (χ3n) is 5.90. The van der Waals surface area contributed by atoms with Crippen LogP contribution in [0.1, 0.15) is 38.4 Å². The zero-order valence-electron chi connectivity index (χ0n) is 21.3. The predicted octanol–water partition coefficient (Wildman–Crippen LogP) is 4.88. The first-order valence-corrected chi connectivity index (χ1v) is 13.1. The minimum Gasteiger partial charge on any atom is -0.444 e. The van der Waals surface area contributed by atoms with Crippen molar-refractivity contribution in [2.45, 2.75) is 52.3 Å². The Morgan fingerprint density at radius 1 is 1.16 bits per heavy atom. The second-order valence-corrected chi connectivity index (χ2v) is 10.9. The van der Waals surface area contributed by atoms with Crippen molar-refractivity contribution < 1.29 is 13.9 Å². The van der Waals surface area contributed by atoms with Gasteiger partial charge in [-0.1, -0.05) is 6.92 Å². The molecule has 1 amide bonds. The molecule has 0 bridgehead atoms. The van der Waals surface area contributed by atoms with Crippen molar-refractivity contribution in [2.24, 2.45) is 0 Å². The number of halogens is 1. The van der Waals surface area contributed by atoms with Crippen molar-refractivity contribution in [1.82, 2.24) is 24.9 Å². The Hall–Kier alpha value is -3.73. The van der Waals surface area contributed by atoms with Gasteiger partial charge < -0.3 is 20.3 Å². The number of ether oxygens (including phenoxy) is 1. The predicted molar refractivity (Wildman–Crippen MR) is 143 cm³/mol. The maximum Gasteiger partial charge on any atom is 0.407 e. The number of carbonyl (C=O) groups excluding carboxylic acids is 1. The van der Waals surface area contributed by atoms with Crippen molar-refractivity contribution in [3.8, 4) is 11.3 Å². The number of thiazole rings is 1. The molecule has 1 aliphatic rings. The van der Waals surface area contributed by atoms with Crippen LogP contribution in [0, 0.1) is 5.82 Å². The molecule has 37 heavy (non-hydrogen) atoms. The van der Waals surface area contributed by atoms with E-state index in [4.69, 9.17) is 19.8 Å². The summed E-state index contributed by atoms with van der Waals surface area (Å²) in [7, 11) is 0. The molecule has 9 nitrogen and oxygen atoms in total. The van der Waals surface area contributed by atoms with Crippen LogP contribution in [-0.4, -0.2) is 50.4 Å². The Balaban J connectivity index is 1.26. The fourth-order valence-corrected chi connectivity index (χ4v) is 4.84. The van der Waals surface area contributed by atoms with Gasteiger partial charge in [-0.2, -0.15) is 4.52 Å². The molecule has 1 fully saturated rings. The smallest absolute Gasteiger partial charge is 0.407 e. The molecule has 3 aromatic heterocycles. The van der Waals surface area contributed by atoms with Gasteiger partial charge in [0, 0.05) is 24.0 Å². The van der Waals surface area contributed by atoms with Gasteiger partial charge in [0.2, 0.25) is 0 Å². The highest BCUT2D eigenvalue weighted by Crippen LogP contribution is 2.26. The normalized spacial score (nSPS) is 14.0. The third-order valence-corrected chi connectivity index (χ3v) is 6.74. The molecule has 0 radical (unpaired) electrons. The first-order chi connectivity index (χ1) is 17.7. The van der Waals surface area contributed by atoms with Crippen molar-refractivity contribution in [3.63, 3.8) is 0 Å². The zero-order chi connectivity index (χ0) is 26.2. The van der Waals surface area contributed by atoms with Crippen LogP contribution < -0.4 is 15.5 Å². The van der Waals surface area contributed by atoms with Gasteiger partial charge >= 0.3 is 6.09 Å². The summed E-state index contributed by atoms with van der Waals surface area (Å²) in [4.78, 5) is 23.6. The van der Waals surface area contributed by atoms with E-state index in [1.807, 2.05) is 42.8 Å². The van der Waals surface area contributed by atoms with Crippen molar-refractivity contribution in [1.29, 1.82) is 0 Å². The van der Waals surface area contributed by atoms with E-state index in [9.17, 15) is 9.18 Å². The standard InChI is InChI=1S/C26H30FN7O2S/c1-5-19-24(28-12-23-31-20(15-37-23)16-6-8-17(27)9-7-16)34-21(30-19)10-11-22(32-34)33-13-18(14-33)29-25(35)36-26(2,3)4/h6-11,15,18,28H,5,12-14H2,1-4H3,(H,29,35). The number of carbonyl (C=O) groups is 1. The number of rotatable bonds is 7. The molecule has 11 heteroatoms. The number of aryl methyl sites for hydroxylation is 1. The number of anilines is 2. The first-order valence-electron chi connectivity index (χ1n) is 12.3. The summed E-state index contributed by atoms with van der Waals surface area (Å²) in [5.74, 6) is 1.38. The molecule has 0 saturated carbocycles. The highest BCUT2D eigenvalue weighted by atomic mass is 32.1. The fraction of sp³-hybridized carbons (Fsp3) is 0.385. The molecule has 1 saturated heterocycles. The average molecular weight is 524 g/mol. The molecule has 0 aliphatic carbocycles. The number of hydrogen-bond acceptors (Lipinski definition) is 8. The second kappa shape index (κ2) is 9.97. The fourth-order valence-electron chi connectivity index (χ4n) is 4.10. The topological polar surface area (TPSA) is 96.7 Å². The number of nitrogens with one attached hydrogen (secondary N) is 2. The quantitative estimate of drug-likeness (QED) is 0.356. The molecular weight excluding hydrogens is 493 g/mol. The Morgan fingerprint density at radius 3 is 2.62 bits per heavy atom. The number of alkyl carbamates (subject to hydrolysis) is 1. The Morgan fingerprint density at radius 2 is 1.92 bits per heavy atom. The second-order valence-electron chi connectivity index (χ2n) is 9.96. The third kappa shape index (κ3) is 5.66. The Labute approximate surface area is 218 Å². The van der Waals surface area contributed by atoms with E-state index in [1.165, 1.54) is 12.1 Å². The van der Waals surface area contributed by atoms with Gasteiger partial charge in [-0.25, -0.2) is 19.2 Å². The van der Waals surface area contributed by atoms with E-state index in [2.05, 4.69) is 22.5 Å². The number of imidazole rings is 1. The number of aromatic nitrogens is 4. The maximum atomic E-state index is 13.2. The average Bonchev–Trinajstić information content (AvgIpc) is 3.43. The van der Waals surface area contributed by atoms with Crippen LogP contribution in [0.5, 0.6) is 0 Å². The molecule has 0 spiro atoms.